The van der Waals surface area contributed by atoms with Crippen LogP contribution in [0.4, 0.5) is 5.69 Å². The van der Waals surface area contributed by atoms with Crippen LogP contribution >= 0.6 is 0 Å². The summed E-state index contributed by atoms with van der Waals surface area (Å²) >= 11 is 0. The van der Waals surface area contributed by atoms with Gasteiger partial charge in [0.05, 0.1) is 0 Å². The number of aromatic amines is 1. The minimum atomic E-state index is -0.355. The second-order valence-electron chi connectivity index (χ2n) is 6.71. The Morgan fingerprint density at radius 3 is 2.92 bits per heavy atom. The van der Waals surface area contributed by atoms with Crippen LogP contribution in [0.25, 0.3) is 5.65 Å². The number of nitrogens with one attached hydrogen (secondary N) is 2. The molecule has 0 bridgehead atoms. The summed E-state index contributed by atoms with van der Waals surface area (Å²) in [7, 11) is 0. The van der Waals surface area contributed by atoms with Crippen molar-refractivity contribution in [2.24, 2.45) is 0 Å². The third kappa shape index (κ3) is 3.08. The van der Waals surface area contributed by atoms with Crippen LogP contribution in [-0.2, 0) is 0 Å². The van der Waals surface area contributed by atoms with E-state index in [0.717, 1.165) is 24.2 Å². The number of piperidine rings is 1. The molecule has 0 saturated carbocycles. The van der Waals surface area contributed by atoms with Gasteiger partial charge in [0.1, 0.15) is 5.56 Å². The van der Waals surface area contributed by atoms with Crippen molar-refractivity contribution in [3.63, 3.8) is 0 Å². The zero-order valence-corrected chi connectivity index (χ0v) is 14.6. The van der Waals surface area contributed by atoms with Gasteiger partial charge in [0.25, 0.3) is 11.5 Å². The summed E-state index contributed by atoms with van der Waals surface area (Å²) in [6.45, 7) is 3.07. The number of aryl methyl sites for hydroxylation is 1. The molecule has 1 fully saturated rings. The molecule has 1 amide bonds. The van der Waals surface area contributed by atoms with E-state index in [-0.39, 0.29) is 23.1 Å². The minimum Gasteiger partial charge on any atom is -0.381 e. The van der Waals surface area contributed by atoms with Gasteiger partial charge in [-0.3, -0.25) is 14.7 Å². The molecule has 26 heavy (non-hydrogen) atoms. The van der Waals surface area contributed by atoms with E-state index in [1.807, 2.05) is 37.3 Å². The van der Waals surface area contributed by atoms with Crippen LogP contribution in [0.3, 0.4) is 0 Å². The fourth-order valence-electron chi connectivity index (χ4n) is 3.45. The van der Waals surface area contributed by atoms with E-state index < -0.39 is 0 Å². The second kappa shape index (κ2) is 6.67. The minimum absolute atomic E-state index is 0.102. The first-order valence-electron chi connectivity index (χ1n) is 8.80. The lowest BCUT2D eigenvalue weighted by molar-refractivity contribution is 0.0712. The molecule has 7 nitrogen and oxygen atoms in total. The summed E-state index contributed by atoms with van der Waals surface area (Å²) in [5.74, 6) is -0.260. The van der Waals surface area contributed by atoms with Crippen LogP contribution in [0.2, 0.25) is 0 Å². The first kappa shape index (κ1) is 16.4. The largest absolute Gasteiger partial charge is 0.381 e. The van der Waals surface area contributed by atoms with Gasteiger partial charge in [-0.1, -0.05) is 18.2 Å². The molecule has 3 aromatic rings. The van der Waals surface area contributed by atoms with Gasteiger partial charge >= 0.3 is 0 Å². The standard InChI is InChI=1S/C19H21N5O2/c1-13-10-17-20-11-16(19(26)24(17)22-13)18(25)23-9-5-8-15(12-23)21-14-6-3-2-4-7-14/h2-4,6-7,10-11,15,21-22H,5,8-9,12H2,1H3/t15-/m0/s1. The van der Waals surface area contributed by atoms with E-state index in [9.17, 15) is 9.59 Å². The van der Waals surface area contributed by atoms with Gasteiger partial charge < -0.3 is 10.2 Å². The van der Waals surface area contributed by atoms with E-state index >= 15 is 0 Å². The molecule has 0 radical (unpaired) electrons. The van der Waals surface area contributed by atoms with Gasteiger partial charge in [0.2, 0.25) is 0 Å². The third-order valence-corrected chi connectivity index (χ3v) is 4.71. The molecule has 3 heterocycles. The summed E-state index contributed by atoms with van der Waals surface area (Å²) in [5.41, 5.74) is 2.13. The molecule has 1 saturated heterocycles. The lowest BCUT2D eigenvalue weighted by atomic mass is 10.0. The van der Waals surface area contributed by atoms with Gasteiger partial charge in [-0.25, -0.2) is 9.50 Å². The molecule has 0 unspecified atom stereocenters. The Labute approximate surface area is 150 Å². The molecule has 1 atom stereocenters. The topological polar surface area (TPSA) is 82.5 Å². The summed E-state index contributed by atoms with van der Waals surface area (Å²) < 4.78 is 1.33. The average Bonchev–Trinajstić information content (AvgIpc) is 3.04. The van der Waals surface area contributed by atoms with Crippen LogP contribution in [0.15, 0.2) is 47.4 Å². The van der Waals surface area contributed by atoms with Crippen LogP contribution in [0, 0.1) is 6.92 Å². The number of carbonyl (C=O) groups is 1. The third-order valence-electron chi connectivity index (χ3n) is 4.71. The Kier molecular flexibility index (Phi) is 4.20. The summed E-state index contributed by atoms with van der Waals surface area (Å²) in [5, 5.41) is 6.39. The molecular formula is C19H21N5O2. The van der Waals surface area contributed by atoms with Crippen molar-refractivity contribution in [2.45, 2.75) is 25.8 Å². The number of aromatic nitrogens is 3. The first-order valence-corrected chi connectivity index (χ1v) is 8.80. The van der Waals surface area contributed by atoms with Crippen molar-refractivity contribution in [3.8, 4) is 0 Å². The maximum atomic E-state index is 12.9. The first-order chi connectivity index (χ1) is 12.6. The molecule has 7 heteroatoms. The van der Waals surface area contributed by atoms with Gasteiger partial charge in [-0.05, 0) is 31.9 Å². The number of benzene rings is 1. The summed E-state index contributed by atoms with van der Waals surface area (Å²) in [6.07, 6.45) is 3.28. The lowest BCUT2D eigenvalue weighted by Gasteiger charge is -2.33. The quantitative estimate of drug-likeness (QED) is 0.757. The van der Waals surface area contributed by atoms with Gasteiger partial charge in [-0.15, -0.1) is 0 Å². The Bertz CT molecular complexity index is 992. The number of amides is 1. The highest BCUT2D eigenvalue weighted by atomic mass is 16.2. The molecule has 1 aliphatic rings. The van der Waals surface area contributed by atoms with E-state index in [2.05, 4.69) is 15.4 Å². The van der Waals surface area contributed by atoms with Gasteiger partial charge in [-0.2, -0.15) is 0 Å². The van der Waals surface area contributed by atoms with Crippen molar-refractivity contribution in [1.29, 1.82) is 0 Å². The second-order valence-corrected chi connectivity index (χ2v) is 6.71. The molecule has 134 valence electrons. The van der Waals surface area contributed by atoms with Gasteiger partial charge in [0, 0.05) is 42.8 Å². The van der Waals surface area contributed by atoms with Crippen molar-refractivity contribution < 1.29 is 4.79 Å². The van der Waals surface area contributed by atoms with Gasteiger partial charge in [0.15, 0.2) is 5.65 Å². The fourth-order valence-corrected chi connectivity index (χ4v) is 3.45. The smallest absolute Gasteiger partial charge is 0.285 e. The molecule has 1 aliphatic heterocycles. The molecule has 0 aliphatic carbocycles. The molecule has 2 aromatic heterocycles. The van der Waals surface area contributed by atoms with Crippen molar-refractivity contribution in [3.05, 3.63) is 64.2 Å². The predicted molar refractivity (Wildman–Crippen MR) is 99.5 cm³/mol. The number of rotatable bonds is 3. The number of hydrogen-bond donors (Lipinski definition) is 2. The van der Waals surface area contributed by atoms with Crippen LogP contribution in [-0.4, -0.2) is 44.5 Å². The monoisotopic (exact) mass is 351 g/mol. The maximum Gasteiger partial charge on any atom is 0.285 e. The SMILES string of the molecule is Cc1cc2ncc(C(=O)N3CCC[C@H](Nc4ccccc4)C3)c(=O)n2[nH]1. The molecule has 4 rings (SSSR count). The normalized spacial score (nSPS) is 17.4. The van der Waals surface area contributed by atoms with Crippen LogP contribution in [0.5, 0.6) is 0 Å². The van der Waals surface area contributed by atoms with E-state index in [4.69, 9.17) is 0 Å². The lowest BCUT2D eigenvalue weighted by Crippen LogP contribution is -2.46. The Hall–Kier alpha value is -3.09. The van der Waals surface area contributed by atoms with Crippen molar-refractivity contribution >= 4 is 17.2 Å². The number of likely N-dealkylation sites (tertiary alicyclic amines) is 1. The Balaban J connectivity index is 1.54. The Morgan fingerprint density at radius 2 is 2.12 bits per heavy atom. The maximum absolute atomic E-state index is 12.9. The van der Waals surface area contributed by atoms with E-state index in [1.54, 1.807) is 11.0 Å². The molecule has 2 N–H and O–H groups in total. The Morgan fingerprint density at radius 1 is 1.31 bits per heavy atom. The van der Waals surface area contributed by atoms with Crippen molar-refractivity contribution in [2.75, 3.05) is 18.4 Å². The number of anilines is 1. The number of hydrogen-bond acceptors (Lipinski definition) is 4. The molecule has 0 spiro atoms. The zero-order valence-electron chi connectivity index (χ0n) is 14.6. The van der Waals surface area contributed by atoms with Crippen LogP contribution < -0.4 is 10.9 Å². The number of nitrogens with zero attached hydrogens (tertiary/aromatic N) is 3. The highest BCUT2D eigenvalue weighted by Crippen LogP contribution is 2.17. The van der Waals surface area contributed by atoms with E-state index in [1.165, 1.54) is 10.7 Å². The predicted octanol–water partition coefficient (Wildman–Crippen LogP) is 2.05. The zero-order chi connectivity index (χ0) is 18.1. The number of fused-ring (bicyclic) bond motifs is 1. The number of carbonyl (C=O) groups excluding carboxylic acids is 1. The van der Waals surface area contributed by atoms with Crippen molar-refractivity contribution in [1.82, 2.24) is 19.5 Å². The molecular weight excluding hydrogens is 330 g/mol. The fraction of sp³-hybridized carbons (Fsp3) is 0.316. The van der Waals surface area contributed by atoms with Crippen LogP contribution in [0.1, 0.15) is 28.9 Å². The summed E-state index contributed by atoms with van der Waals surface area (Å²) in [4.78, 5) is 31.5. The summed E-state index contributed by atoms with van der Waals surface area (Å²) in [6, 6.07) is 11.9. The molecule has 1 aromatic carbocycles. The highest BCUT2D eigenvalue weighted by molar-refractivity contribution is 5.93. The average molecular weight is 351 g/mol. The highest BCUT2D eigenvalue weighted by Gasteiger charge is 2.26. The number of H-pyrrole nitrogens is 1. The van der Waals surface area contributed by atoms with E-state index in [0.29, 0.717) is 18.7 Å². The number of para-hydroxylation sites is 1.